The van der Waals surface area contributed by atoms with Crippen molar-refractivity contribution in [1.29, 1.82) is 0 Å². The fourth-order valence-electron chi connectivity index (χ4n) is 6.17. The van der Waals surface area contributed by atoms with Gasteiger partial charge in [0.05, 0.1) is 28.7 Å². The molecule has 6 rings (SSSR count). The molecule has 4 aromatic rings. The first kappa shape index (κ1) is 28.8. The number of ether oxygens (including phenoxy) is 1. The summed E-state index contributed by atoms with van der Waals surface area (Å²) in [7, 11) is 0. The SMILES string of the molecule is C=CC(=O)N1CCN(c2nc(=O)n(-c3c(C)ccnc3C(C)C)c3c4c(c(Cl)cc23)-c2c(F)ccnc2CCO4)[C@@H](C)C1. The van der Waals surface area contributed by atoms with Crippen LogP contribution < -0.4 is 15.3 Å². The molecule has 9 nitrogen and oxygen atoms in total. The van der Waals surface area contributed by atoms with Crippen molar-refractivity contribution in [3.05, 3.63) is 81.5 Å². The van der Waals surface area contributed by atoms with Gasteiger partial charge in [-0.1, -0.05) is 32.0 Å². The number of amides is 1. The van der Waals surface area contributed by atoms with Crippen molar-refractivity contribution in [2.45, 2.75) is 46.1 Å². The lowest BCUT2D eigenvalue weighted by atomic mass is 9.98. The van der Waals surface area contributed by atoms with Crippen molar-refractivity contribution in [3.63, 3.8) is 0 Å². The van der Waals surface area contributed by atoms with E-state index in [-0.39, 0.29) is 35.1 Å². The molecule has 0 bridgehead atoms. The molecule has 1 amide bonds. The zero-order chi connectivity index (χ0) is 30.6. The van der Waals surface area contributed by atoms with Gasteiger partial charge in [0.2, 0.25) is 5.91 Å². The lowest BCUT2D eigenvalue weighted by molar-refractivity contribution is -0.126. The summed E-state index contributed by atoms with van der Waals surface area (Å²) in [6, 6.07) is 4.71. The summed E-state index contributed by atoms with van der Waals surface area (Å²) in [5, 5.41) is 0.829. The van der Waals surface area contributed by atoms with Gasteiger partial charge < -0.3 is 14.5 Å². The van der Waals surface area contributed by atoms with Gasteiger partial charge in [-0.25, -0.2) is 9.18 Å². The molecule has 222 valence electrons. The first-order chi connectivity index (χ1) is 20.6. The molecule has 1 aromatic carbocycles. The molecule has 11 heteroatoms. The maximum Gasteiger partial charge on any atom is 0.354 e. The Labute approximate surface area is 253 Å². The van der Waals surface area contributed by atoms with E-state index in [2.05, 4.69) is 21.5 Å². The van der Waals surface area contributed by atoms with Crippen LogP contribution in [0.4, 0.5) is 10.2 Å². The summed E-state index contributed by atoms with van der Waals surface area (Å²) in [5.41, 5.74) is 3.18. The molecule has 2 aliphatic rings. The second-order valence-corrected chi connectivity index (χ2v) is 11.7. The smallest absolute Gasteiger partial charge is 0.354 e. The molecule has 1 fully saturated rings. The number of aryl methyl sites for hydroxylation is 1. The fraction of sp³-hybridized carbons (Fsp3) is 0.344. The highest BCUT2D eigenvalue weighted by atomic mass is 35.5. The van der Waals surface area contributed by atoms with Crippen molar-refractivity contribution in [3.8, 4) is 22.6 Å². The third kappa shape index (κ3) is 4.74. The number of carbonyl (C=O) groups excluding carboxylic acids is 1. The van der Waals surface area contributed by atoms with Crippen LogP contribution in [-0.4, -0.2) is 62.6 Å². The van der Waals surface area contributed by atoms with Gasteiger partial charge in [0, 0.05) is 61.0 Å². The van der Waals surface area contributed by atoms with E-state index in [9.17, 15) is 9.59 Å². The average molecular weight is 603 g/mol. The predicted molar refractivity (Wildman–Crippen MR) is 165 cm³/mol. The molecule has 3 aromatic heterocycles. The Hall–Kier alpha value is -4.31. The Morgan fingerprint density at radius 3 is 2.70 bits per heavy atom. The number of rotatable bonds is 4. The number of anilines is 1. The van der Waals surface area contributed by atoms with Crippen molar-refractivity contribution < 1.29 is 13.9 Å². The highest BCUT2D eigenvalue weighted by Crippen LogP contribution is 2.48. The number of carbonyl (C=O) groups is 1. The largest absolute Gasteiger partial charge is 0.490 e. The zero-order valence-electron chi connectivity index (χ0n) is 24.5. The molecule has 1 atom stereocenters. The Morgan fingerprint density at radius 2 is 1.98 bits per heavy atom. The molecule has 0 spiro atoms. The zero-order valence-corrected chi connectivity index (χ0v) is 25.3. The first-order valence-electron chi connectivity index (χ1n) is 14.3. The minimum absolute atomic E-state index is 0.0128. The summed E-state index contributed by atoms with van der Waals surface area (Å²) >= 11 is 6.99. The maximum atomic E-state index is 15.5. The van der Waals surface area contributed by atoms with Crippen LogP contribution in [-0.2, 0) is 11.2 Å². The summed E-state index contributed by atoms with van der Waals surface area (Å²) in [6.07, 6.45) is 4.82. The van der Waals surface area contributed by atoms with E-state index in [0.29, 0.717) is 71.2 Å². The Bertz CT molecular complexity index is 1860. The normalized spacial score (nSPS) is 16.5. The molecule has 0 radical (unpaired) electrons. The quantitative estimate of drug-likeness (QED) is 0.296. The molecule has 2 aliphatic heterocycles. The summed E-state index contributed by atoms with van der Waals surface area (Å²) in [5.74, 6) is 0.0787. The summed E-state index contributed by atoms with van der Waals surface area (Å²) < 4.78 is 23.4. The summed E-state index contributed by atoms with van der Waals surface area (Å²) in [4.78, 5) is 44.0. The molecule has 0 aliphatic carbocycles. The van der Waals surface area contributed by atoms with Gasteiger partial charge in [-0.05, 0) is 49.6 Å². The number of nitrogens with zero attached hydrogens (tertiary/aromatic N) is 6. The van der Waals surface area contributed by atoms with E-state index in [0.717, 1.165) is 5.56 Å². The third-order valence-electron chi connectivity index (χ3n) is 8.19. The van der Waals surface area contributed by atoms with Crippen molar-refractivity contribution in [2.24, 2.45) is 0 Å². The molecular formula is C32H32ClFN6O3. The van der Waals surface area contributed by atoms with Crippen LogP contribution >= 0.6 is 11.6 Å². The lowest BCUT2D eigenvalue weighted by Crippen LogP contribution is -2.54. The molecule has 0 saturated carbocycles. The second-order valence-electron chi connectivity index (χ2n) is 11.3. The van der Waals surface area contributed by atoms with E-state index in [1.54, 1.807) is 17.2 Å². The van der Waals surface area contributed by atoms with Crippen molar-refractivity contribution in [1.82, 2.24) is 24.4 Å². The minimum atomic E-state index is -0.526. The molecule has 43 heavy (non-hydrogen) atoms. The molecule has 0 N–H and O–H groups in total. The average Bonchev–Trinajstić information content (AvgIpc) is 3.18. The van der Waals surface area contributed by atoms with Crippen molar-refractivity contribution in [2.75, 3.05) is 31.1 Å². The monoisotopic (exact) mass is 602 g/mol. The number of fused-ring (bicyclic) bond motifs is 5. The number of aromatic nitrogens is 4. The van der Waals surface area contributed by atoms with Crippen LogP contribution in [0.2, 0.25) is 5.02 Å². The molecule has 1 saturated heterocycles. The van der Waals surface area contributed by atoms with Crippen molar-refractivity contribution >= 4 is 34.2 Å². The van der Waals surface area contributed by atoms with Crippen LogP contribution in [0.25, 0.3) is 27.7 Å². The van der Waals surface area contributed by atoms with Gasteiger partial charge in [0.25, 0.3) is 0 Å². The first-order valence-corrected chi connectivity index (χ1v) is 14.7. The molecule has 0 unspecified atom stereocenters. The van der Waals surface area contributed by atoms with Crippen LogP contribution in [0.3, 0.4) is 0 Å². The van der Waals surface area contributed by atoms with Crippen LogP contribution in [0.1, 0.15) is 43.6 Å². The van der Waals surface area contributed by atoms with E-state index in [1.165, 1.54) is 22.9 Å². The lowest BCUT2D eigenvalue weighted by Gasteiger charge is -2.40. The fourth-order valence-corrected chi connectivity index (χ4v) is 6.46. The van der Waals surface area contributed by atoms with Gasteiger partial charge >= 0.3 is 5.69 Å². The van der Waals surface area contributed by atoms with E-state index < -0.39 is 11.5 Å². The Balaban J connectivity index is 1.72. The molecule has 5 heterocycles. The van der Waals surface area contributed by atoms with Gasteiger partial charge in [-0.3, -0.25) is 19.3 Å². The Morgan fingerprint density at radius 1 is 1.21 bits per heavy atom. The van der Waals surface area contributed by atoms with Crippen LogP contribution in [0.5, 0.6) is 5.75 Å². The summed E-state index contributed by atoms with van der Waals surface area (Å²) in [6.45, 7) is 13.0. The van der Waals surface area contributed by atoms with Gasteiger partial charge in [0.15, 0.2) is 5.75 Å². The number of hydrogen-bond acceptors (Lipinski definition) is 7. The standard InChI is InChI=1S/C32H32ClFN6O3/c1-6-24(41)38-12-13-39(19(5)16-38)31-20-15-21(33)25-26-22(34)8-11-35-23(26)9-14-43-30(25)29(20)40(32(42)37-31)28-18(4)7-10-36-27(28)17(2)3/h6-8,10-11,15,17,19H,1,9,12-14,16H2,2-5H3/t19-/m0/s1. The van der Waals surface area contributed by atoms with Gasteiger partial charge in [0.1, 0.15) is 17.2 Å². The highest BCUT2D eigenvalue weighted by molar-refractivity contribution is 6.35. The van der Waals surface area contributed by atoms with Crippen LogP contribution in [0.15, 0.2) is 48.0 Å². The molecular weight excluding hydrogens is 571 g/mol. The van der Waals surface area contributed by atoms with E-state index >= 15 is 4.39 Å². The van der Waals surface area contributed by atoms with Crippen LogP contribution in [0, 0.1) is 12.7 Å². The number of pyridine rings is 2. The number of hydrogen-bond donors (Lipinski definition) is 0. The maximum absolute atomic E-state index is 15.5. The number of piperazine rings is 1. The van der Waals surface area contributed by atoms with Gasteiger partial charge in [-0.15, -0.1) is 0 Å². The number of halogens is 2. The third-order valence-corrected chi connectivity index (χ3v) is 8.49. The topological polar surface area (TPSA) is 93.5 Å². The predicted octanol–water partition coefficient (Wildman–Crippen LogP) is 5.23. The van der Waals surface area contributed by atoms with Gasteiger partial charge in [-0.2, -0.15) is 4.98 Å². The van der Waals surface area contributed by atoms with E-state index in [1.807, 2.05) is 38.7 Å². The van der Waals surface area contributed by atoms with E-state index in [4.69, 9.17) is 16.3 Å². The number of benzene rings is 1. The highest BCUT2D eigenvalue weighted by Gasteiger charge is 2.33. The minimum Gasteiger partial charge on any atom is -0.490 e. The second kappa shape index (κ2) is 11.1. The Kier molecular flexibility index (Phi) is 7.41.